The molecule has 0 heterocycles. The van der Waals surface area contributed by atoms with Gasteiger partial charge in [-0.2, -0.15) is 0 Å². The van der Waals surface area contributed by atoms with Gasteiger partial charge in [-0.1, -0.05) is 12.1 Å². The van der Waals surface area contributed by atoms with Crippen molar-refractivity contribution in [1.29, 1.82) is 0 Å². The summed E-state index contributed by atoms with van der Waals surface area (Å²) in [6.07, 6.45) is -3.67. The number of sulfone groups is 1. The van der Waals surface area contributed by atoms with E-state index in [1.165, 1.54) is 36.4 Å². The highest BCUT2D eigenvalue weighted by molar-refractivity contribution is 7.89. The molecule has 0 spiro atoms. The highest BCUT2D eigenvalue weighted by Crippen LogP contribution is 2.24. The van der Waals surface area contributed by atoms with Crippen LogP contribution in [-0.2, 0) is 15.6 Å². The molecular formula is C16H14F3NO4S. The van der Waals surface area contributed by atoms with Gasteiger partial charge in [-0.3, -0.25) is 4.79 Å². The summed E-state index contributed by atoms with van der Waals surface area (Å²) in [6, 6.07) is 10.7. The quantitative estimate of drug-likeness (QED) is 0.872. The zero-order valence-electron chi connectivity index (χ0n) is 13.0. The lowest BCUT2D eigenvalue weighted by molar-refractivity contribution is -0.274. The molecule has 0 aromatic heterocycles. The highest BCUT2D eigenvalue weighted by Gasteiger charge is 2.30. The Balaban J connectivity index is 2.02. The SMILES string of the molecule is CS(=O)(=O)Cc1ccc(C(=O)Nc2ccc(OC(F)(F)F)cc2)cc1. The fraction of sp³-hybridized carbons (Fsp3) is 0.188. The van der Waals surface area contributed by atoms with Crippen molar-refractivity contribution in [3.8, 4) is 5.75 Å². The number of rotatable bonds is 5. The minimum Gasteiger partial charge on any atom is -0.406 e. The average Bonchev–Trinajstić information content (AvgIpc) is 2.47. The second kappa shape index (κ2) is 7.14. The Morgan fingerprint density at radius 1 is 1.04 bits per heavy atom. The third kappa shape index (κ3) is 6.46. The van der Waals surface area contributed by atoms with E-state index in [0.29, 0.717) is 11.3 Å². The van der Waals surface area contributed by atoms with Crippen molar-refractivity contribution in [3.05, 3.63) is 59.7 Å². The lowest BCUT2D eigenvalue weighted by Gasteiger charge is -2.10. The van der Waals surface area contributed by atoms with Crippen molar-refractivity contribution in [3.63, 3.8) is 0 Å². The lowest BCUT2D eigenvalue weighted by atomic mass is 10.1. The van der Waals surface area contributed by atoms with Crippen molar-refractivity contribution < 1.29 is 31.1 Å². The van der Waals surface area contributed by atoms with Gasteiger partial charge in [0.05, 0.1) is 5.75 Å². The van der Waals surface area contributed by atoms with E-state index in [1.807, 2.05) is 0 Å². The Hall–Kier alpha value is -2.55. The molecule has 25 heavy (non-hydrogen) atoms. The van der Waals surface area contributed by atoms with Crippen LogP contribution in [0, 0.1) is 0 Å². The monoisotopic (exact) mass is 373 g/mol. The average molecular weight is 373 g/mol. The molecule has 0 saturated heterocycles. The number of ether oxygens (including phenoxy) is 1. The summed E-state index contributed by atoms with van der Waals surface area (Å²) < 4.78 is 62.4. The summed E-state index contributed by atoms with van der Waals surface area (Å²) in [7, 11) is -3.17. The summed E-state index contributed by atoms with van der Waals surface area (Å²) >= 11 is 0. The Labute approximate surface area is 142 Å². The largest absolute Gasteiger partial charge is 0.573 e. The van der Waals surface area contributed by atoms with Crippen molar-refractivity contribution in [2.45, 2.75) is 12.1 Å². The topological polar surface area (TPSA) is 72.5 Å². The number of carbonyl (C=O) groups is 1. The standard InChI is InChI=1S/C16H14F3NO4S/c1-25(22,23)10-11-2-4-12(5-3-11)15(21)20-13-6-8-14(9-7-13)24-16(17,18)19/h2-9H,10H2,1H3,(H,20,21). The van der Waals surface area contributed by atoms with E-state index in [2.05, 4.69) is 10.1 Å². The van der Waals surface area contributed by atoms with Crippen LogP contribution in [0.4, 0.5) is 18.9 Å². The first-order valence-electron chi connectivity index (χ1n) is 6.96. The molecule has 0 aliphatic heterocycles. The number of alkyl halides is 3. The van der Waals surface area contributed by atoms with Crippen LogP contribution in [0.25, 0.3) is 0 Å². The van der Waals surface area contributed by atoms with E-state index < -0.39 is 27.9 Å². The highest BCUT2D eigenvalue weighted by atomic mass is 32.2. The number of amides is 1. The van der Waals surface area contributed by atoms with Gasteiger partial charge in [-0.15, -0.1) is 13.2 Å². The first kappa shape index (κ1) is 18.8. The smallest absolute Gasteiger partial charge is 0.406 e. The third-order valence-corrected chi connectivity index (χ3v) is 3.85. The molecule has 2 aromatic carbocycles. The maximum Gasteiger partial charge on any atom is 0.573 e. The van der Waals surface area contributed by atoms with Gasteiger partial charge in [-0.25, -0.2) is 8.42 Å². The molecule has 5 nitrogen and oxygen atoms in total. The molecule has 2 rings (SSSR count). The number of hydrogen-bond acceptors (Lipinski definition) is 4. The maximum absolute atomic E-state index is 12.1. The molecule has 0 saturated carbocycles. The number of nitrogens with one attached hydrogen (secondary N) is 1. The van der Waals surface area contributed by atoms with Gasteiger partial charge in [0.1, 0.15) is 5.75 Å². The number of benzene rings is 2. The number of carbonyl (C=O) groups excluding carboxylic acids is 1. The summed E-state index contributed by atoms with van der Waals surface area (Å²) in [6.45, 7) is 0. The van der Waals surface area contributed by atoms with Gasteiger partial charge in [0.15, 0.2) is 9.84 Å². The van der Waals surface area contributed by atoms with E-state index in [1.54, 1.807) is 0 Å². The molecule has 1 amide bonds. The molecular weight excluding hydrogens is 359 g/mol. The maximum atomic E-state index is 12.1. The fourth-order valence-corrected chi connectivity index (χ4v) is 2.80. The van der Waals surface area contributed by atoms with Gasteiger partial charge in [-0.05, 0) is 42.0 Å². The molecule has 0 aliphatic rings. The summed E-state index contributed by atoms with van der Waals surface area (Å²) in [5.74, 6) is -0.999. The van der Waals surface area contributed by atoms with Crippen molar-refractivity contribution >= 4 is 21.4 Å². The second-order valence-corrected chi connectivity index (χ2v) is 7.43. The summed E-state index contributed by atoms with van der Waals surface area (Å²) in [4.78, 5) is 12.1. The van der Waals surface area contributed by atoms with E-state index in [9.17, 15) is 26.4 Å². The first-order chi connectivity index (χ1) is 11.5. The Kier molecular flexibility index (Phi) is 5.36. The normalized spacial score (nSPS) is 11.8. The van der Waals surface area contributed by atoms with Crippen molar-refractivity contribution in [2.75, 3.05) is 11.6 Å². The molecule has 9 heteroatoms. The molecule has 0 fully saturated rings. The number of hydrogen-bond donors (Lipinski definition) is 1. The number of anilines is 1. The van der Waals surface area contributed by atoms with Crippen molar-refractivity contribution in [1.82, 2.24) is 0 Å². The van der Waals surface area contributed by atoms with Crippen molar-refractivity contribution in [2.24, 2.45) is 0 Å². The van der Waals surface area contributed by atoms with Gasteiger partial charge >= 0.3 is 6.36 Å². The van der Waals surface area contributed by atoms with E-state index >= 15 is 0 Å². The van der Waals surface area contributed by atoms with Crippen LogP contribution in [0.15, 0.2) is 48.5 Å². The van der Waals surface area contributed by atoms with Crippen LogP contribution in [0.1, 0.15) is 15.9 Å². The fourth-order valence-electron chi connectivity index (χ4n) is 2.00. The number of halogens is 3. The minimum absolute atomic E-state index is 0.129. The van der Waals surface area contributed by atoms with Crippen LogP contribution in [0.3, 0.4) is 0 Å². The Morgan fingerprint density at radius 3 is 2.08 bits per heavy atom. The van der Waals surface area contributed by atoms with Gasteiger partial charge < -0.3 is 10.1 Å². The van der Waals surface area contributed by atoms with Crippen LogP contribution < -0.4 is 10.1 Å². The van der Waals surface area contributed by atoms with Crippen LogP contribution in [0.2, 0.25) is 0 Å². The second-order valence-electron chi connectivity index (χ2n) is 5.29. The Morgan fingerprint density at radius 2 is 1.60 bits per heavy atom. The van der Waals surface area contributed by atoms with E-state index in [-0.39, 0.29) is 11.3 Å². The molecule has 1 N–H and O–H groups in total. The molecule has 0 atom stereocenters. The van der Waals surface area contributed by atoms with Crippen LogP contribution in [0.5, 0.6) is 5.75 Å². The first-order valence-corrected chi connectivity index (χ1v) is 9.02. The Bertz CT molecular complexity index is 844. The zero-order chi connectivity index (χ0) is 18.7. The molecule has 0 bridgehead atoms. The summed E-state index contributed by atoms with van der Waals surface area (Å²) in [5, 5.41) is 2.52. The molecule has 2 aromatic rings. The predicted octanol–water partition coefficient (Wildman–Crippen LogP) is 3.38. The van der Waals surface area contributed by atoms with Crippen LogP contribution in [-0.4, -0.2) is 26.9 Å². The summed E-state index contributed by atoms with van der Waals surface area (Å²) in [5.41, 5.74) is 1.13. The van der Waals surface area contributed by atoms with Gasteiger partial charge in [0.2, 0.25) is 0 Å². The zero-order valence-corrected chi connectivity index (χ0v) is 13.8. The van der Waals surface area contributed by atoms with Crippen LogP contribution >= 0.6 is 0 Å². The predicted molar refractivity (Wildman–Crippen MR) is 86.1 cm³/mol. The third-order valence-electron chi connectivity index (χ3n) is 2.99. The molecule has 134 valence electrons. The van der Waals surface area contributed by atoms with E-state index in [0.717, 1.165) is 18.4 Å². The minimum atomic E-state index is -4.78. The lowest BCUT2D eigenvalue weighted by Crippen LogP contribution is -2.17. The molecule has 0 unspecified atom stereocenters. The van der Waals surface area contributed by atoms with E-state index in [4.69, 9.17) is 0 Å². The molecule has 0 radical (unpaired) electrons. The van der Waals surface area contributed by atoms with Gasteiger partial charge in [0.25, 0.3) is 5.91 Å². The van der Waals surface area contributed by atoms with Gasteiger partial charge in [0, 0.05) is 17.5 Å². The molecule has 0 aliphatic carbocycles.